The van der Waals surface area contributed by atoms with E-state index < -0.39 is 5.97 Å². The first-order valence-corrected chi connectivity index (χ1v) is 12.0. The molecule has 0 bridgehead atoms. The van der Waals surface area contributed by atoms with Crippen LogP contribution in [0.4, 0.5) is 5.69 Å². The van der Waals surface area contributed by atoms with Crippen molar-refractivity contribution in [3.63, 3.8) is 0 Å². The predicted octanol–water partition coefficient (Wildman–Crippen LogP) is 3.32. The predicted molar refractivity (Wildman–Crippen MR) is 132 cm³/mol. The first-order valence-electron chi connectivity index (χ1n) is 12.0. The van der Waals surface area contributed by atoms with Gasteiger partial charge in [-0.15, -0.1) is 0 Å². The molecule has 0 aliphatic carbocycles. The van der Waals surface area contributed by atoms with Crippen LogP contribution in [0.3, 0.4) is 0 Å². The maximum atomic E-state index is 13.3. The molecule has 9 nitrogen and oxygen atoms in total. The molecule has 184 valence electrons. The summed E-state index contributed by atoms with van der Waals surface area (Å²) in [5, 5.41) is 18.8. The Morgan fingerprint density at radius 3 is 2.54 bits per heavy atom. The Bertz CT molecular complexity index is 1220. The average Bonchev–Trinajstić information content (AvgIpc) is 3.46. The van der Waals surface area contributed by atoms with Crippen molar-refractivity contribution >= 4 is 28.5 Å². The number of anilines is 1. The highest BCUT2D eigenvalue weighted by Gasteiger charge is 2.27. The van der Waals surface area contributed by atoms with Gasteiger partial charge in [0.05, 0.1) is 18.3 Å². The summed E-state index contributed by atoms with van der Waals surface area (Å²) in [6.45, 7) is 3.63. The quantitative estimate of drug-likeness (QED) is 0.558. The van der Waals surface area contributed by atoms with Gasteiger partial charge in [-0.1, -0.05) is 24.3 Å². The van der Waals surface area contributed by atoms with Crippen molar-refractivity contribution in [2.24, 2.45) is 0 Å². The minimum Gasteiger partial charge on any atom is -0.480 e. The number of hydrazine groups is 1. The summed E-state index contributed by atoms with van der Waals surface area (Å²) in [6, 6.07) is 12.1. The summed E-state index contributed by atoms with van der Waals surface area (Å²) in [5.41, 5.74) is 4.89. The Balaban J connectivity index is 1.40. The van der Waals surface area contributed by atoms with E-state index in [9.17, 15) is 14.7 Å². The average molecular weight is 478 g/mol. The van der Waals surface area contributed by atoms with Crippen LogP contribution in [0.1, 0.15) is 42.2 Å². The first kappa shape index (κ1) is 23.3. The number of carbonyl (C=O) groups is 2. The SMILES string of the molecule is Cc1cc2cnn(C3CCCCO3)c2cc1N(CC(=O)O)CC(=O)N(C)N1Cc2ccccc2C1. The van der Waals surface area contributed by atoms with Crippen LogP contribution < -0.4 is 4.90 Å². The number of carboxylic acid groups (broad SMARTS) is 1. The van der Waals surface area contributed by atoms with Crippen molar-refractivity contribution in [3.8, 4) is 0 Å². The van der Waals surface area contributed by atoms with E-state index in [0.717, 1.165) is 35.7 Å². The number of nitrogens with zero attached hydrogens (tertiary/aromatic N) is 5. The van der Waals surface area contributed by atoms with E-state index in [1.807, 2.05) is 47.1 Å². The van der Waals surface area contributed by atoms with Crippen LogP contribution in [0.5, 0.6) is 0 Å². The molecule has 0 spiro atoms. The van der Waals surface area contributed by atoms with Gasteiger partial charge in [0.15, 0.2) is 6.23 Å². The molecular weight excluding hydrogens is 446 g/mol. The summed E-state index contributed by atoms with van der Waals surface area (Å²) in [7, 11) is 1.75. The number of benzene rings is 2. The largest absolute Gasteiger partial charge is 0.480 e. The van der Waals surface area contributed by atoms with Gasteiger partial charge in [-0.25, -0.2) is 9.69 Å². The normalized spacial score (nSPS) is 17.9. The lowest BCUT2D eigenvalue weighted by Gasteiger charge is -2.31. The summed E-state index contributed by atoms with van der Waals surface area (Å²) in [5.74, 6) is -1.15. The molecule has 3 heterocycles. The lowest BCUT2D eigenvalue weighted by molar-refractivity contribution is -0.145. The monoisotopic (exact) mass is 477 g/mol. The number of carboxylic acids is 1. The summed E-state index contributed by atoms with van der Waals surface area (Å²) < 4.78 is 7.81. The molecule has 2 aliphatic rings. The lowest BCUT2D eigenvalue weighted by atomic mass is 10.1. The minimum atomic E-state index is -0.988. The number of aliphatic carboxylic acids is 1. The number of hydrogen-bond acceptors (Lipinski definition) is 6. The van der Waals surface area contributed by atoms with Crippen molar-refractivity contribution in [2.75, 3.05) is 31.6 Å². The van der Waals surface area contributed by atoms with Gasteiger partial charge in [0.2, 0.25) is 0 Å². The second-order valence-corrected chi connectivity index (χ2v) is 9.37. The fourth-order valence-electron chi connectivity index (χ4n) is 5.02. The molecule has 1 amide bonds. The van der Waals surface area contributed by atoms with Gasteiger partial charge >= 0.3 is 5.97 Å². The van der Waals surface area contributed by atoms with Gasteiger partial charge in [0.1, 0.15) is 6.54 Å². The third-order valence-electron chi connectivity index (χ3n) is 6.94. The van der Waals surface area contributed by atoms with Gasteiger partial charge in [-0.2, -0.15) is 5.10 Å². The van der Waals surface area contributed by atoms with Crippen molar-refractivity contribution in [2.45, 2.75) is 45.5 Å². The second-order valence-electron chi connectivity index (χ2n) is 9.37. The van der Waals surface area contributed by atoms with Gasteiger partial charge in [0, 0.05) is 37.8 Å². The number of rotatable bonds is 7. The smallest absolute Gasteiger partial charge is 0.323 e. The van der Waals surface area contributed by atoms with E-state index in [0.29, 0.717) is 25.4 Å². The maximum absolute atomic E-state index is 13.3. The molecule has 3 aromatic rings. The van der Waals surface area contributed by atoms with Crippen molar-refractivity contribution < 1.29 is 19.4 Å². The first-order chi connectivity index (χ1) is 16.9. The number of carbonyl (C=O) groups excluding carboxylic acids is 1. The zero-order valence-electron chi connectivity index (χ0n) is 20.2. The fraction of sp³-hybridized carbons (Fsp3) is 0.423. The Kier molecular flexibility index (Phi) is 6.44. The minimum absolute atomic E-state index is 0.0456. The van der Waals surface area contributed by atoms with Crippen molar-refractivity contribution in [3.05, 3.63) is 59.3 Å². The van der Waals surface area contributed by atoms with Crippen LogP contribution in [0.25, 0.3) is 10.9 Å². The Hall–Kier alpha value is -3.43. The molecule has 2 aromatic carbocycles. The molecule has 5 rings (SSSR count). The van der Waals surface area contributed by atoms with Crippen molar-refractivity contribution in [1.82, 2.24) is 19.8 Å². The zero-order chi connectivity index (χ0) is 24.5. The highest BCUT2D eigenvalue weighted by Crippen LogP contribution is 2.31. The van der Waals surface area contributed by atoms with E-state index >= 15 is 0 Å². The standard InChI is InChI=1S/C26H31N5O4/c1-18-11-21-13-27-31(25-9-5-6-10-35-25)23(21)12-22(18)29(17-26(33)34)16-24(32)28(2)30-14-19-7-3-4-8-20(19)15-30/h3-4,7-8,11-13,25H,5-6,9-10,14-17H2,1-2H3,(H,33,34). The van der Waals surface area contributed by atoms with E-state index in [4.69, 9.17) is 4.74 Å². The number of amides is 1. The molecule has 1 atom stereocenters. The molecule has 2 aliphatic heterocycles. The van der Waals surface area contributed by atoms with E-state index in [2.05, 4.69) is 17.2 Å². The van der Waals surface area contributed by atoms with E-state index in [1.54, 1.807) is 17.0 Å². The van der Waals surface area contributed by atoms with Gasteiger partial charge < -0.3 is 14.7 Å². The molecular formula is C26H31N5O4. The third-order valence-corrected chi connectivity index (χ3v) is 6.94. The molecule has 0 saturated carbocycles. The number of ether oxygens (including phenoxy) is 1. The highest BCUT2D eigenvalue weighted by molar-refractivity contribution is 5.89. The summed E-state index contributed by atoms with van der Waals surface area (Å²) in [6.07, 6.45) is 4.70. The Morgan fingerprint density at radius 2 is 1.89 bits per heavy atom. The zero-order valence-corrected chi connectivity index (χ0v) is 20.2. The summed E-state index contributed by atoms with van der Waals surface area (Å²) >= 11 is 0. The molecule has 35 heavy (non-hydrogen) atoms. The number of fused-ring (bicyclic) bond motifs is 2. The van der Waals surface area contributed by atoms with Gasteiger partial charge in [-0.05, 0) is 55.0 Å². The maximum Gasteiger partial charge on any atom is 0.323 e. The molecule has 1 fully saturated rings. The van der Waals surface area contributed by atoms with Gasteiger partial charge in [-0.3, -0.25) is 14.6 Å². The number of aryl methyl sites for hydroxylation is 1. The Morgan fingerprint density at radius 1 is 1.14 bits per heavy atom. The fourth-order valence-corrected chi connectivity index (χ4v) is 5.02. The van der Waals surface area contributed by atoms with Crippen LogP contribution in [0.15, 0.2) is 42.6 Å². The number of likely N-dealkylation sites (N-methyl/N-ethyl adjacent to an activating group) is 1. The van der Waals surface area contributed by atoms with E-state index in [-0.39, 0.29) is 25.2 Å². The molecule has 1 aromatic heterocycles. The van der Waals surface area contributed by atoms with Crippen LogP contribution in [0, 0.1) is 6.92 Å². The van der Waals surface area contributed by atoms with Crippen LogP contribution in [-0.2, 0) is 27.4 Å². The van der Waals surface area contributed by atoms with Crippen molar-refractivity contribution in [1.29, 1.82) is 0 Å². The molecule has 0 radical (unpaired) electrons. The molecule has 1 saturated heterocycles. The number of hydrogen-bond donors (Lipinski definition) is 1. The van der Waals surface area contributed by atoms with Crippen LogP contribution in [-0.4, -0.2) is 63.5 Å². The number of aromatic nitrogens is 2. The van der Waals surface area contributed by atoms with Crippen LogP contribution >= 0.6 is 0 Å². The van der Waals surface area contributed by atoms with E-state index in [1.165, 1.54) is 11.1 Å². The lowest BCUT2D eigenvalue weighted by Crippen LogP contribution is -2.47. The Labute approximate surface area is 204 Å². The van der Waals surface area contributed by atoms with Gasteiger partial charge in [0.25, 0.3) is 5.91 Å². The second kappa shape index (κ2) is 9.67. The highest BCUT2D eigenvalue weighted by atomic mass is 16.5. The molecule has 1 N–H and O–H groups in total. The van der Waals surface area contributed by atoms with Crippen LogP contribution in [0.2, 0.25) is 0 Å². The summed E-state index contributed by atoms with van der Waals surface area (Å²) in [4.78, 5) is 26.7. The molecule has 9 heteroatoms. The molecule has 1 unspecified atom stereocenters. The topological polar surface area (TPSA) is 91.1 Å². The third kappa shape index (κ3) is 4.74.